The molecule has 0 aliphatic heterocycles. The van der Waals surface area contributed by atoms with E-state index in [2.05, 4.69) is 5.10 Å². The van der Waals surface area contributed by atoms with E-state index in [-0.39, 0.29) is 6.61 Å². The van der Waals surface area contributed by atoms with E-state index in [9.17, 15) is 5.11 Å². The fraction of sp³-hybridized carbons (Fsp3) is 0.571. The van der Waals surface area contributed by atoms with Crippen molar-refractivity contribution in [3.05, 3.63) is 17.5 Å². The Morgan fingerprint density at radius 1 is 1.73 bits per heavy atom. The number of aliphatic hydroxyl groups excluding tert-OH is 2. The highest BCUT2D eigenvalue weighted by molar-refractivity contribution is 5.18. The fourth-order valence-corrected chi connectivity index (χ4v) is 1.04. The van der Waals surface area contributed by atoms with Gasteiger partial charge in [-0.3, -0.25) is 4.68 Å². The lowest BCUT2D eigenvalue weighted by molar-refractivity contribution is 0.0951. The Morgan fingerprint density at radius 3 is 2.73 bits per heavy atom. The standard InChI is InChI=1S/C7H12N2O2/c1-5-6(7(11)4-10)3-9(2)8-5/h3,7,10-11H,4H2,1-2H3. The minimum Gasteiger partial charge on any atom is -0.393 e. The first-order valence-corrected chi connectivity index (χ1v) is 3.44. The SMILES string of the molecule is Cc1nn(C)cc1C(O)CO. The van der Waals surface area contributed by atoms with Crippen LogP contribution in [-0.2, 0) is 7.05 Å². The van der Waals surface area contributed by atoms with Gasteiger partial charge in [0.2, 0.25) is 0 Å². The van der Waals surface area contributed by atoms with Crippen molar-refractivity contribution in [3.63, 3.8) is 0 Å². The molecule has 1 unspecified atom stereocenters. The van der Waals surface area contributed by atoms with Crippen LogP contribution in [0.15, 0.2) is 6.20 Å². The smallest absolute Gasteiger partial charge is 0.105 e. The number of hydrogen-bond donors (Lipinski definition) is 2. The molecule has 0 spiro atoms. The van der Waals surface area contributed by atoms with E-state index in [4.69, 9.17) is 5.11 Å². The topological polar surface area (TPSA) is 58.3 Å². The van der Waals surface area contributed by atoms with Gasteiger partial charge in [-0.15, -0.1) is 0 Å². The maximum absolute atomic E-state index is 9.22. The van der Waals surface area contributed by atoms with Crippen LogP contribution in [0.25, 0.3) is 0 Å². The second kappa shape index (κ2) is 3.02. The molecule has 11 heavy (non-hydrogen) atoms. The Balaban J connectivity index is 2.93. The third-order valence-electron chi connectivity index (χ3n) is 1.58. The monoisotopic (exact) mass is 156 g/mol. The molecule has 4 heteroatoms. The Kier molecular flexibility index (Phi) is 2.26. The summed E-state index contributed by atoms with van der Waals surface area (Å²) < 4.78 is 1.61. The number of nitrogens with zero attached hydrogens (tertiary/aromatic N) is 2. The molecule has 0 bridgehead atoms. The number of rotatable bonds is 2. The molecule has 1 heterocycles. The van der Waals surface area contributed by atoms with E-state index < -0.39 is 6.10 Å². The Hall–Kier alpha value is -0.870. The van der Waals surface area contributed by atoms with Crippen molar-refractivity contribution in [2.45, 2.75) is 13.0 Å². The summed E-state index contributed by atoms with van der Waals surface area (Å²) in [7, 11) is 1.78. The number of aliphatic hydroxyl groups is 2. The summed E-state index contributed by atoms with van der Waals surface area (Å²) in [5, 5.41) is 21.9. The van der Waals surface area contributed by atoms with E-state index >= 15 is 0 Å². The highest BCUT2D eigenvalue weighted by Gasteiger charge is 2.11. The maximum atomic E-state index is 9.22. The summed E-state index contributed by atoms with van der Waals surface area (Å²) in [6, 6.07) is 0. The quantitative estimate of drug-likeness (QED) is 0.621. The molecule has 1 rings (SSSR count). The van der Waals surface area contributed by atoms with E-state index in [1.165, 1.54) is 0 Å². The predicted molar refractivity (Wildman–Crippen MR) is 40.0 cm³/mol. The summed E-state index contributed by atoms with van der Waals surface area (Å²) in [5.74, 6) is 0. The Labute approximate surface area is 65.1 Å². The van der Waals surface area contributed by atoms with Gasteiger partial charge >= 0.3 is 0 Å². The minimum absolute atomic E-state index is 0.257. The molecule has 0 aliphatic carbocycles. The molecule has 0 amide bonds. The van der Waals surface area contributed by atoms with Crippen LogP contribution in [0.2, 0.25) is 0 Å². The predicted octanol–water partition coefficient (Wildman–Crippen LogP) is -0.246. The van der Waals surface area contributed by atoms with Crippen LogP contribution in [-0.4, -0.2) is 26.6 Å². The molecule has 2 N–H and O–H groups in total. The second-order valence-electron chi connectivity index (χ2n) is 2.54. The van der Waals surface area contributed by atoms with Crippen LogP contribution in [0.5, 0.6) is 0 Å². The molecule has 62 valence electrons. The molecule has 0 fully saturated rings. The zero-order valence-electron chi connectivity index (χ0n) is 6.65. The zero-order chi connectivity index (χ0) is 8.43. The molecular weight excluding hydrogens is 144 g/mol. The van der Waals surface area contributed by atoms with Crippen LogP contribution in [0.4, 0.5) is 0 Å². The lowest BCUT2D eigenvalue weighted by atomic mass is 10.1. The number of aromatic nitrogens is 2. The highest BCUT2D eigenvalue weighted by Crippen LogP contribution is 2.14. The van der Waals surface area contributed by atoms with E-state index in [1.54, 1.807) is 24.9 Å². The average Bonchev–Trinajstić information content (AvgIpc) is 2.28. The number of hydrogen-bond acceptors (Lipinski definition) is 3. The summed E-state index contributed by atoms with van der Waals surface area (Å²) in [4.78, 5) is 0. The summed E-state index contributed by atoms with van der Waals surface area (Å²) in [6.45, 7) is 1.54. The fourth-order valence-electron chi connectivity index (χ4n) is 1.04. The maximum Gasteiger partial charge on any atom is 0.105 e. The van der Waals surface area contributed by atoms with Crippen LogP contribution in [0.1, 0.15) is 17.4 Å². The van der Waals surface area contributed by atoms with Crippen LogP contribution >= 0.6 is 0 Å². The highest BCUT2D eigenvalue weighted by atomic mass is 16.3. The first-order chi connectivity index (χ1) is 5.15. The third-order valence-corrected chi connectivity index (χ3v) is 1.58. The summed E-state index contributed by atoms with van der Waals surface area (Å²) in [6.07, 6.45) is 0.902. The van der Waals surface area contributed by atoms with Crippen molar-refractivity contribution in [2.24, 2.45) is 7.05 Å². The lowest BCUT2D eigenvalue weighted by Gasteiger charge is -2.03. The summed E-state index contributed by atoms with van der Waals surface area (Å²) >= 11 is 0. The molecule has 4 nitrogen and oxygen atoms in total. The largest absolute Gasteiger partial charge is 0.393 e. The molecular formula is C7H12N2O2. The van der Waals surface area contributed by atoms with Gasteiger partial charge in [-0.05, 0) is 6.92 Å². The van der Waals surface area contributed by atoms with Crippen molar-refractivity contribution < 1.29 is 10.2 Å². The van der Waals surface area contributed by atoms with E-state index in [0.29, 0.717) is 5.56 Å². The zero-order valence-corrected chi connectivity index (χ0v) is 6.65. The molecule has 1 aromatic heterocycles. The van der Waals surface area contributed by atoms with Gasteiger partial charge in [0, 0.05) is 18.8 Å². The average molecular weight is 156 g/mol. The van der Waals surface area contributed by atoms with Gasteiger partial charge in [-0.2, -0.15) is 5.10 Å². The van der Waals surface area contributed by atoms with Crippen LogP contribution in [0.3, 0.4) is 0 Å². The Morgan fingerprint density at radius 2 is 2.36 bits per heavy atom. The van der Waals surface area contributed by atoms with Crippen molar-refractivity contribution >= 4 is 0 Å². The van der Waals surface area contributed by atoms with Crippen molar-refractivity contribution in [1.82, 2.24) is 9.78 Å². The van der Waals surface area contributed by atoms with Gasteiger partial charge in [0.05, 0.1) is 12.3 Å². The third kappa shape index (κ3) is 1.58. The van der Waals surface area contributed by atoms with Crippen molar-refractivity contribution in [3.8, 4) is 0 Å². The van der Waals surface area contributed by atoms with Gasteiger partial charge in [0.25, 0.3) is 0 Å². The molecule has 0 aliphatic rings. The minimum atomic E-state index is -0.802. The molecule has 0 saturated heterocycles. The molecule has 1 atom stereocenters. The van der Waals surface area contributed by atoms with Gasteiger partial charge in [0.1, 0.15) is 6.10 Å². The lowest BCUT2D eigenvalue weighted by Crippen LogP contribution is -2.02. The Bertz CT molecular complexity index is 245. The summed E-state index contributed by atoms with van der Waals surface area (Å²) in [5.41, 5.74) is 1.45. The second-order valence-corrected chi connectivity index (χ2v) is 2.54. The normalized spacial score (nSPS) is 13.5. The van der Waals surface area contributed by atoms with Crippen molar-refractivity contribution in [1.29, 1.82) is 0 Å². The molecule has 0 saturated carbocycles. The first-order valence-electron chi connectivity index (χ1n) is 3.44. The van der Waals surface area contributed by atoms with Gasteiger partial charge < -0.3 is 10.2 Å². The van der Waals surface area contributed by atoms with E-state index in [0.717, 1.165) is 5.69 Å². The molecule has 1 aromatic rings. The molecule has 0 radical (unpaired) electrons. The first kappa shape index (κ1) is 8.23. The number of aryl methyl sites for hydroxylation is 2. The van der Waals surface area contributed by atoms with Crippen molar-refractivity contribution in [2.75, 3.05) is 6.61 Å². The molecule has 0 aromatic carbocycles. The van der Waals surface area contributed by atoms with Gasteiger partial charge in [-0.1, -0.05) is 0 Å². The van der Waals surface area contributed by atoms with Gasteiger partial charge in [0.15, 0.2) is 0 Å². The van der Waals surface area contributed by atoms with Crippen LogP contribution < -0.4 is 0 Å². The van der Waals surface area contributed by atoms with Crippen LogP contribution in [0, 0.1) is 6.92 Å². The van der Waals surface area contributed by atoms with E-state index in [1.807, 2.05) is 0 Å². The van der Waals surface area contributed by atoms with Gasteiger partial charge in [-0.25, -0.2) is 0 Å².